The Kier molecular flexibility index (Phi) is 3.77. The molecule has 0 saturated heterocycles. The number of aromatic hydroxyl groups is 1. The molecular weight excluding hydrogens is 332 g/mol. The molecule has 26 heavy (non-hydrogen) atoms. The summed E-state index contributed by atoms with van der Waals surface area (Å²) >= 11 is 0. The van der Waals surface area contributed by atoms with Crippen molar-refractivity contribution in [3.05, 3.63) is 60.7 Å². The molecule has 0 saturated carbocycles. The molecule has 0 aliphatic heterocycles. The molecule has 8 nitrogen and oxygen atoms in total. The molecule has 2 N–H and O–H groups in total. The van der Waals surface area contributed by atoms with Gasteiger partial charge in [-0.2, -0.15) is 5.10 Å². The number of carbonyl (C=O) groups is 1. The summed E-state index contributed by atoms with van der Waals surface area (Å²) < 4.78 is 1.71. The van der Waals surface area contributed by atoms with Crippen LogP contribution in [0.4, 0.5) is 5.82 Å². The molecule has 0 spiro atoms. The summed E-state index contributed by atoms with van der Waals surface area (Å²) in [6.07, 6.45) is 6.64. The second-order valence-electron chi connectivity index (χ2n) is 5.72. The van der Waals surface area contributed by atoms with Gasteiger partial charge in [-0.1, -0.05) is 0 Å². The molecule has 128 valence electrons. The zero-order valence-corrected chi connectivity index (χ0v) is 13.8. The molecule has 4 aromatic heterocycles. The second-order valence-corrected chi connectivity index (χ2v) is 5.72. The normalized spacial score (nSPS) is 10.8. The van der Waals surface area contributed by atoms with Gasteiger partial charge in [0.2, 0.25) is 5.88 Å². The highest BCUT2D eigenvalue weighted by Gasteiger charge is 2.10. The van der Waals surface area contributed by atoms with E-state index in [1.807, 2.05) is 25.4 Å². The van der Waals surface area contributed by atoms with Crippen LogP contribution in [0.1, 0.15) is 10.4 Å². The predicted molar refractivity (Wildman–Crippen MR) is 95.6 cm³/mol. The molecule has 0 radical (unpaired) electrons. The van der Waals surface area contributed by atoms with Crippen LogP contribution in [0.15, 0.2) is 55.1 Å². The van der Waals surface area contributed by atoms with Crippen LogP contribution in [0.25, 0.3) is 22.2 Å². The second kappa shape index (κ2) is 6.25. The number of nitrogens with zero attached hydrogens (tertiary/aromatic N) is 5. The predicted octanol–water partition coefficient (Wildman–Crippen LogP) is 2.38. The zero-order chi connectivity index (χ0) is 18.1. The third-order valence-electron chi connectivity index (χ3n) is 3.82. The van der Waals surface area contributed by atoms with Crippen molar-refractivity contribution in [2.24, 2.45) is 7.05 Å². The minimum atomic E-state index is -0.391. The molecule has 4 heterocycles. The summed E-state index contributed by atoms with van der Waals surface area (Å²) in [6.45, 7) is 0. The first-order chi connectivity index (χ1) is 12.6. The van der Waals surface area contributed by atoms with Crippen molar-refractivity contribution < 1.29 is 9.90 Å². The fourth-order valence-corrected chi connectivity index (χ4v) is 2.55. The first-order valence-corrected chi connectivity index (χ1v) is 7.81. The van der Waals surface area contributed by atoms with E-state index in [1.54, 1.807) is 23.1 Å². The summed E-state index contributed by atoms with van der Waals surface area (Å²) in [5, 5.41) is 17.1. The van der Waals surface area contributed by atoms with Gasteiger partial charge in [0.1, 0.15) is 5.82 Å². The topological polar surface area (TPSA) is 106 Å². The third kappa shape index (κ3) is 3.07. The first kappa shape index (κ1) is 15.7. The van der Waals surface area contributed by atoms with Crippen LogP contribution < -0.4 is 5.32 Å². The highest BCUT2D eigenvalue weighted by Crippen LogP contribution is 2.22. The van der Waals surface area contributed by atoms with E-state index in [-0.39, 0.29) is 11.4 Å². The Balaban J connectivity index is 1.65. The van der Waals surface area contributed by atoms with Crippen LogP contribution in [0, 0.1) is 0 Å². The average Bonchev–Trinajstić information content (AvgIpc) is 3.07. The summed E-state index contributed by atoms with van der Waals surface area (Å²) in [7, 11) is 1.85. The molecule has 0 bridgehead atoms. The number of amides is 1. The summed E-state index contributed by atoms with van der Waals surface area (Å²) in [4.78, 5) is 24.8. The van der Waals surface area contributed by atoms with Crippen molar-refractivity contribution in [3.8, 4) is 17.1 Å². The van der Waals surface area contributed by atoms with E-state index < -0.39 is 5.91 Å². The number of aryl methyl sites for hydroxylation is 1. The largest absolute Gasteiger partial charge is 0.493 e. The highest BCUT2D eigenvalue weighted by atomic mass is 16.3. The molecular formula is C18H14N6O2. The Morgan fingerprint density at radius 2 is 2.04 bits per heavy atom. The Labute approximate surface area is 148 Å². The molecule has 0 fully saturated rings. The Morgan fingerprint density at radius 1 is 1.15 bits per heavy atom. The Bertz CT molecular complexity index is 1120. The fourth-order valence-electron chi connectivity index (χ4n) is 2.55. The number of nitrogens with one attached hydrogen (secondary N) is 1. The number of carbonyl (C=O) groups excluding carboxylic acids is 1. The number of aromatic nitrogens is 5. The average molecular weight is 346 g/mol. The number of fused-ring (bicyclic) bond motifs is 1. The van der Waals surface area contributed by atoms with Crippen molar-refractivity contribution in [3.63, 3.8) is 0 Å². The fraction of sp³-hybridized carbons (Fsp3) is 0.0556. The molecule has 4 aromatic rings. The Hall–Kier alpha value is -3.81. The highest BCUT2D eigenvalue weighted by molar-refractivity contribution is 6.04. The van der Waals surface area contributed by atoms with Crippen LogP contribution >= 0.6 is 0 Å². The molecule has 0 atom stereocenters. The van der Waals surface area contributed by atoms with Gasteiger partial charge >= 0.3 is 0 Å². The number of anilines is 1. The number of pyridine rings is 3. The zero-order valence-electron chi connectivity index (χ0n) is 13.8. The summed E-state index contributed by atoms with van der Waals surface area (Å²) in [5.41, 5.74) is 2.68. The quantitative estimate of drug-likeness (QED) is 0.590. The van der Waals surface area contributed by atoms with E-state index in [2.05, 4.69) is 25.4 Å². The molecule has 0 aliphatic carbocycles. The van der Waals surface area contributed by atoms with Crippen molar-refractivity contribution >= 4 is 22.6 Å². The van der Waals surface area contributed by atoms with E-state index >= 15 is 0 Å². The molecule has 0 aliphatic rings. The van der Waals surface area contributed by atoms with Crippen molar-refractivity contribution in [1.82, 2.24) is 24.7 Å². The van der Waals surface area contributed by atoms with Crippen LogP contribution in [0.5, 0.6) is 5.88 Å². The van der Waals surface area contributed by atoms with Crippen molar-refractivity contribution in [2.75, 3.05) is 5.32 Å². The van der Waals surface area contributed by atoms with Crippen molar-refractivity contribution in [1.29, 1.82) is 0 Å². The smallest absolute Gasteiger partial charge is 0.257 e. The first-order valence-electron chi connectivity index (χ1n) is 7.81. The standard InChI is InChI=1S/C18H14N6O2/c1-24-10-13(9-21-24)14-3-2-12-8-20-16(7-15(12)22-14)23-18(26)11-4-5-19-17(25)6-11/h2-10H,1H3,(H,19,25)(H,20,23,26). The van der Waals surface area contributed by atoms with E-state index in [0.717, 1.165) is 16.6 Å². The molecule has 0 unspecified atom stereocenters. The maximum atomic E-state index is 12.3. The lowest BCUT2D eigenvalue weighted by Crippen LogP contribution is -2.13. The molecule has 8 heteroatoms. The van der Waals surface area contributed by atoms with Gasteiger partial charge in [0.05, 0.1) is 17.4 Å². The van der Waals surface area contributed by atoms with Crippen LogP contribution in [-0.2, 0) is 7.05 Å². The van der Waals surface area contributed by atoms with E-state index in [0.29, 0.717) is 11.3 Å². The molecule has 4 rings (SSSR count). The number of rotatable bonds is 3. The van der Waals surface area contributed by atoms with Gasteiger partial charge in [0, 0.05) is 54.3 Å². The Morgan fingerprint density at radius 3 is 2.81 bits per heavy atom. The van der Waals surface area contributed by atoms with Crippen LogP contribution in [0.3, 0.4) is 0 Å². The minimum absolute atomic E-state index is 0.216. The molecule has 1 amide bonds. The van der Waals surface area contributed by atoms with Crippen LogP contribution in [-0.4, -0.2) is 35.7 Å². The summed E-state index contributed by atoms with van der Waals surface area (Å²) in [5.74, 6) is -0.237. The lowest BCUT2D eigenvalue weighted by molar-refractivity contribution is 0.102. The monoisotopic (exact) mass is 346 g/mol. The summed E-state index contributed by atoms with van der Waals surface area (Å²) in [6, 6.07) is 8.32. The number of hydrogen-bond donors (Lipinski definition) is 2. The van der Waals surface area contributed by atoms with Gasteiger partial charge < -0.3 is 10.4 Å². The van der Waals surface area contributed by atoms with Gasteiger partial charge in [0.25, 0.3) is 5.91 Å². The van der Waals surface area contributed by atoms with Gasteiger partial charge in [-0.25, -0.2) is 15.0 Å². The lowest BCUT2D eigenvalue weighted by Gasteiger charge is -2.06. The van der Waals surface area contributed by atoms with E-state index in [9.17, 15) is 9.90 Å². The van der Waals surface area contributed by atoms with E-state index in [4.69, 9.17) is 0 Å². The van der Waals surface area contributed by atoms with Gasteiger partial charge in [-0.15, -0.1) is 0 Å². The maximum absolute atomic E-state index is 12.3. The van der Waals surface area contributed by atoms with Crippen LogP contribution in [0.2, 0.25) is 0 Å². The van der Waals surface area contributed by atoms with Gasteiger partial charge in [-0.3, -0.25) is 9.48 Å². The maximum Gasteiger partial charge on any atom is 0.257 e. The minimum Gasteiger partial charge on any atom is -0.493 e. The SMILES string of the molecule is Cn1cc(-c2ccc3cnc(NC(=O)c4ccnc(O)c4)cc3n2)cn1. The number of hydrogen-bond acceptors (Lipinski definition) is 6. The molecule has 0 aromatic carbocycles. The van der Waals surface area contributed by atoms with Crippen molar-refractivity contribution in [2.45, 2.75) is 0 Å². The lowest BCUT2D eigenvalue weighted by atomic mass is 10.2. The van der Waals surface area contributed by atoms with E-state index in [1.165, 1.54) is 18.3 Å². The third-order valence-corrected chi connectivity index (χ3v) is 3.82. The van der Waals surface area contributed by atoms with Gasteiger partial charge in [-0.05, 0) is 18.2 Å². The van der Waals surface area contributed by atoms with Gasteiger partial charge in [0.15, 0.2) is 0 Å².